The Kier molecular flexibility index (Phi) is 4.82. The van der Waals surface area contributed by atoms with Crippen LogP contribution in [0.25, 0.3) is 10.8 Å². The maximum Gasteiger partial charge on any atom is 0.121 e. The highest BCUT2D eigenvalue weighted by Gasteiger charge is 2.26. The van der Waals surface area contributed by atoms with E-state index in [1.165, 1.54) is 16.5 Å². The third kappa shape index (κ3) is 3.34. The first-order valence-electron chi connectivity index (χ1n) is 7.52. The quantitative estimate of drug-likeness (QED) is 0.880. The largest absolute Gasteiger partial charge is 0.368 e. The van der Waals surface area contributed by atoms with Crippen LogP contribution in [0.2, 0.25) is 0 Å². The van der Waals surface area contributed by atoms with Gasteiger partial charge in [-0.2, -0.15) is 5.26 Å². The smallest absolute Gasteiger partial charge is 0.121 e. The van der Waals surface area contributed by atoms with Gasteiger partial charge in [0.2, 0.25) is 0 Å². The van der Waals surface area contributed by atoms with Crippen molar-refractivity contribution in [1.82, 2.24) is 5.32 Å². The Hall–Kier alpha value is -2.05. The molecule has 110 valence electrons. The van der Waals surface area contributed by atoms with Crippen LogP contribution in [0.5, 0.6) is 0 Å². The van der Waals surface area contributed by atoms with Crippen LogP contribution in [-0.2, 0) is 0 Å². The molecule has 1 atom stereocenters. The summed E-state index contributed by atoms with van der Waals surface area (Å²) in [7, 11) is 0. The van der Waals surface area contributed by atoms with Crippen molar-refractivity contribution in [3.8, 4) is 6.07 Å². The highest BCUT2D eigenvalue weighted by molar-refractivity contribution is 5.94. The normalized spacial score (nSPS) is 13.6. The van der Waals surface area contributed by atoms with Crippen molar-refractivity contribution in [2.45, 2.75) is 26.3 Å². The molecule has 0 saturated heterocycles. The average Bonchev–Trinajstić information content (AvgIpc) is 2.52. The van der Waals surface area contributed by atoms with Crippen molar-refractivity contribution in [1.29, 1.82) is 5.26 Å². The van der Waals surface area contributed by atoms with Gasteiger partial charge < -0.3 is 4.90 Å². The van der Waals surface area contributed by atoms with Crippen LogP contribution < -0.4 is 10.2 Å². The van der Waals surface area contributed by atoms with Gasteiger partial charge in [-0.1, -0.05) is 43.3 Å². The summed E-state index contributed by atoms with van der Waals surface area (Å²) in [6, 6.07) is 17.1. The summed E-state index contributed by atoms with van der Waals surface area (Å²) < 4.78 is 0. The molecule has 0 amide bonds. The zero-order valence-electron chi connectivity index (χ0n) is 13.1. The highest BCUT2D eigenvalue weighted by atomic mass is 15.2. The number of hydrogen-bond donors (Lipinski definition) is 1. The monoisotopic (exact) mass is 281 g/mol. The zero-order chi connectivity index (χ0) is 15.3. The molecule has 0 radical (unpaired) electrons. The molecule has 0 heterocycles. The molecule has 2 rings (SSSR count). The first-order valence-corrected chi connectivity index (χ1v) is 7.52. The number of nitriles is 1. The molecule has 0 bridgehead atoms. The summed E-state index contributed by atoms with van der Waals surface area (Å²) in [5.74, 6) is 0. The van der Waals surface area contributed by atoms with Crippen molar-refractivity contribution < 1.29 is 0 Å². The molecule has 21 heavy (non-hydrogen) atoms. The van der Waals surface area contributed by atoms with Gasteiger partial charge in [-0.25, -0.2) is 0 Å². The molecule has 0 aliphatic carbocycles. The Morgan fingerprint density at radius 3 is 2.52 bits per heavy atom. The maximum absolute atomic E-state index is 9.48. The van der Waals surface area contributed by atoms with E-state index in [4.69, 9.17) is 0 Å². The van der Waals surface area contributed by atoms with Crippen LogP contribution in [0.4, 0.5) is 5.69 Å². The van der Waals surface area contributed by atoms with Crippen molar-refractivity contribution in [2.75, 3.05) is 24.5 Å². The van der Waals surface area contributed by atoms with E-state index in [1.807, 2.05) is 13.8 Å². The first-order chi connectivity index (χ1) is 10.1. The number of hydrogen-bond acceptors (Lipinski definition) is 3. The minimum Gasteiger partial charge on any atom is -0.368 e. The molecule has 1 unspecified atom stereocenters. The summed E-state index contributed by atoms with van der Waals surface area (Å²) in [6.07, 6.45) is 0. The van der Waals surface area contributed by atoms with E-state index in [-0.39, 0.29) is 0 Å². The number of likely N-dealkylation sites (N-methyl/N-ethyl adjacent to an activating group) is 2. The molecule has 0 aliphatic rings. The maximum atomic E-state index is 9.48. The molecule has 2 aromatic carbocycles. The van der Waals surface area contributed by atoms with Gasteiger partial charge in [0, 0.05) is 24.2 Å². The average molecular weight is 281 g/mol. The standard InChI is InChI=1S/C18H23N3/c1-4-20-18(3,13-19)14-21(5-2)17-12-8-10-15-9-6-7-11-16(15)17/h6-12,20H,4-5,14H2,1-3H3. The Morgan fingerprint density at radius 1 is 1.14 bits per heavy atom. The topological polar surface area (TPSA) is 39.1 Å². The Bertz CT molecular complexity index is 639. The van der Waals surface area contributed by atoms with Gasteiger partial charge in [-0.15, -0.1) is 0 Å². The zero-order valence-corrected chi connectivity index (χ0v) is 13.1. The van der Waals surface area contributed by atoms with Gasteiger partial charge in [0.05, 0.1) is 6.07 Å². The van der Waals surface area contributed by atoms with Crippen LogP contribution in [0.3, 0.4) is 0 Å². The number of fused-ring (bicyclic) bond motifs is 1. The van der Waals surface area contributed by atoms with E-state index in [0.717, 1.165) is 13.1 Å². The molecular formula is C18H23N3. The van der Waals surface area contributed by atoms with Crippen LogP contribution in [0.15, 0.2) is 42.5 Å². The third-order valence-electron chi connectivity index (χ3n) is 3.81. The molecule has 1 N–H and O–H groups in total. The van der Waals surface area contributed by atoms with E-state index in [1.54, 1.807) is 0 Å². The summed E-state index contributed by atoms with van der Waals surface area (Å²) in [5.41, 5.74) is 0.650. The second-order valence-corrected chi connectivity index (χ2v) is 5.49. The lowest BCUT2D eigenvalue weighted by Gasteiger charge is -2.32. The molecule has 0 fully saturated rings. The van der Waals surface area contributed by atoms with E-state index < -0.39 is 5.54 Å². The van der Waals surface area contributed by atoms with Gasteiger partial charge in [0.25, 0.3) is 0 Å². The lowest BCUT2D eigenvalue weighted by molar-refractivity contribution is 0.456. The first kappa shape index (κ1) is 15.3. The highest BCUT2D eigenvalue weighted by Crippen LogP contribution is 2.27. The molecule has 0 aliphatic heterocycles. The molecule has 0 saturated carbocycles. The number of rotatable bonds is 6. The van der Waals surface area contributed by atoms with Crippen molar-refractivity contribution >= 4 is 16.5 Å². The molecule has 2 aromatic rings. The van der Waals surface area contributed by atoms with Crippen molar-refractivity contribution in [3.05, 3.63) is 42.5 Å². The van der Waals surface area contributed by atoms with Crippen LogP contribution in [0, 0.1) is 11.3 Å². The third-order valence-corrected chi connectivity index (χ3v) is 3.81. The Morgan fingerprint density at radius 2 is 1.86 bits per heavy atom. The Labute approximate surface area is 127 Å². The van der Waals surface area contributed by atoms with E-state index in [9.17, 15) is 5.26 Å². The lowest BCUT2D eigenvalue weighted by Crippen LogP contribution is -2.50. The minimum absolute atomic E-state index is 0.540. The molecule has 0 spiro atoms. The summed E-state index contributed by atoms with van der Waals surface area (Å²) in [6.45, 7) is 8.45. The lowest BCUT2D eigenvalue weighted by atomic mass is 10.0. The fraction of sp³-hybridized carbons (Fsp3) is 0.389. The van der Waals surface area contributed by atoms with Crippen molar-refractivity contribution in [2.24, 2.45) is 0 Å². The van der Waals surface area contributed by atoms with Crippen LogP contribution in [0.1, 0.15) is 20.8 Å². The van der Waals surface area contributed by atoms with Crippen molar-refractivity contribution in [3.63, 3.8) is 0 Å². The fourth-order valence-corrected chi connectivity index (χ4v) is 2.75. The minimum atomic E-state index is -0.540. The Balaban J connectivity index is 2.38. The molecular weight excluding hydrogens is 258 g/mol. The predicted octanol–water partition coefficient (Wildman–Crippen LogP) is 3.56. The number of anilines is 1. The van der Waals surface area contributed by atoms with Gasteiger partial charge in [-0.05, 0) is 31.8 Å². The van der Waals surface area contributed by atoms with Gasteiger partial charge >= 0.3 is 0 Å². The molecule has 0 aromatic heterocycles. The molecule has 3 nitrogen and oxygen atoms in total. The number of nitrogens with zero attached hydrogens (tertiary/aromatic N) is 2. The second-order valence-electron chi connectivity index (χ2n) is 5.49. The summed E-state index contributed by atoms with van der Waals surface area (Å²) in [5, 5.41) is 15.2. The molecule has 3 heteroatoms. The van der Waals surface area contributed by atoms with Crippen LogP contribution >= 0.6 is 0 Å². The predicted molar refractivity (Wildman–Crippen MR) is 89.5 cm³/mol. The fourth-order valence-electron chi connectivity index (χ4n) is 2.75. The summed E-state index contributed by atoms with van der Waals surface area (Å²) in [4.78, 5) is 2.27. The van der Waals surface area contributed by atoms with E-state index in [2.05, 4.69) is 65.7 Å². The van der Waals surface area contributed by atoms with Gasteiger partial charge in [0.15, 0.2) is 0 Å². The van der Waals surface area contributed by atoms with Gasteiger partial charge in [0.1, 0.15) is 5.54 Å². The van der Waals surface area contributed by atoms with Crippen LogP contribution in [-0.4, -0.2) is 25.2 Å². The number of benzene rings is 2. The number of nitrogens with one attached hydrogen (secondary N) is 1. The summed E-state index contributed by atoms with van der Waals surface area (Å²) >= 11 is 0. The second kappa shape index (κ2) is 6.60. The SMILES string of the molecule is CCNC(C)(C#N)CN(CC)c1cccc2ccccc12. The van der Waals surface area contributed by atoms with E-state index >= 15 is 0 Å². The van der Waals surface area contributed by atoms with Gasteiger partial charge in [-0.3, -0.25) is 5.32 Å². The van der Waals surface area contributed by atoms with E-state index in [0.29, 0.717) is 6.54 Å².